The van der Waals surface area contributed by atoms with Crippen LogP contribution in [-0.4, -0.2) is 38.1 Å². The van der Waals surface area contributed by atoms with Gasteiger partial charge in [0.25, 0.3) is 5.91 Å². The van der Waals surface area contributed by atoms with Gasteiger partial charge in [-0.25, -0.2) is 0 Å². The average Bonchev–Trinajstić information content (AvgIpc) is 2.42. The Hall–Kier alpha value is -1.55. The van der Waals surface area contributed by atoms with Gasteiger partial charge in [0.2, 0.25) is 0 Å². The molecule has 0 aliphatic carbocycles. The van der Waals surface area contributed by atoms with E-state index in [0.717, 1.165) is 31.4 Å². The molecule has 0 aliphatic rings. The molecule has 0 unspecified atom stereocenters. The predicted molar refractivity (Wildman–Crippen MR) is 77.6 cm³/mol. The lowest BCUT2D eigenvalue weighted by Gasteiger charge is -2.19. The summed E-state index contributed by atoms with van der Waals surface area (Å²) in [7, 11) is 3.41. The zero-order valence-electron chi connectivity index (χ0n) is 12.1. The van der Waals surface area contributed by atoms with E-state index in [1.807, 2.05) is 32.2 Å². The maximum atomic E-state index is 12.4. The highest BCUT2D eigenvalue weighted by atomic mass is 16.5. The van der Waals surface area contributed by atoms with Crippen molar-refractivity contribution in [1.82, 2.24) is 4.90 Å². The maximum absolute atomic E-state index is 12.4. The van der Waals surface area contributed by atoms with E-state index < -0.39 is 0 Å². The second kappa shape index (κ2) is 7.79. The molecule has 0 saturated carbocycles. The van der Waals surface area contributed by atoms with Crippen LogP contribution in [0.5, 0.6) is 5.75 Å². The van der Waals surface area contributed by atoms with Crippen molar-refractivity contribution >= 4 is 5.91 Å². The first-order valence-corrected chi connectivity index (χ1v) is 6.70. The second-order valence-corrected chi connectivity index (χ2v) is 4.78. The van der Waals surface area contributed by atoms with Crippen LogP contribution in [0.4, 0.5) is 0 Å². The van der Waals surface area contributed by atoms with Gasteiger partial charge >= 0.3 is 0 Å². The number of carbonyl (C=O) groups is 1. The van der Waals surface area contributed by atoms with Crippen molar-refractivity contribution < 1.29 is 9.53 Å². The van der Waals surface area contributed by atoms with Crippen molar-refractivity contribution in [2.75, 3.05) is 27.2 Å². The minimum atomic E-state index is 0.00768. The van der Waals surface area contributed by atoms with E-state index in [9.17, 15) is 4.79 Å². The van der Waals surface area contributed by atoms with Crippen LogP contribution in [0.3, 0.4) is 0 Å². The highest BCUT2D eigenvalue weighted by molar-refractivity contribution is 5.97. The maximum Gasteiger partial charge on any atom is 0.257 e. The lowest BCUT2D eigenvalue weighted by atomic mass is 10.1. The number of aryl methyl sites for hydroxylation is 1. The molecule has 1 aromatic carbocycles. The van der Waals surface area contributed by atoms with E-state index >= 15 is 0 Å². The average molecular weight is 264 g/mol. The predicted octanol–water partition coefficient (Wildman–Crippen LogP) is 2.20. The number of ether oxygens (including phenoxy) is 1. The molecular weight excluding hydrogens is 240 g/mol. The van der Waals surface area contributed by atoms with Gasteiger partial charge in [0.15, 0.2) is 0 Å². The highest BCUT2D eigenvalue weighted by Crippen LogP contribution is 2.21. The van der Waals surface area contributed by atoms with E-state index in [1.54, 1.807) is 12.0 Å². The SMILES string of the molecule is COc1ccc(C)cc1C(=O)N(C)CCCCCN. The van der Waals surface area contributed by atoms with Gasteiger partial charge in [-0.1, -0.05) is 18.1 Å². The third-order valence-electron chi connectivity index (χ3n) is 3.13. The molecule has 4 heteroatoms. The van der Waals surface area contributed by atoms with Gasteiger partial charge in [0, 0.05) is 13.6 Å². The Kier molecular flexibility index (Phi) is 6.36. The van der Waals surface area contributed by atoms with E-state index in [2.05, 4.69) is 0 Å². The number of amides is 1. The topological polar surface area (TPSA) is 55.6 Å². The number of rotatable bonds is 7. The molecule has 1 rings (SSSR count). The zero-order chi connectivity index (χ0) is 14.3. The molecule has 2 N–H and O–H groups in total. The van der Waals surface area contributed by atoms with Gasteiger partial charge in [-0.05, 0) is 38.4 Å². The van der Waals surface area contributed by atoms with Crippen LogP contribution < -0.4 is 10.5 Å². The number of carbonyl (C=O) groups excluding carboxylic acids is 1. The molecular formula is C15H24N2O2. The van der Waals surface area contributed by atoms with Crippen LogP contribution in [-0.2, 0) is 0 Å². The van der Waals surface area contributed by atoms with Crippen LogP contribution in [0.1, 0.15) is 35.2 Å². The van der Waals surface area contributed by atoms with Crippen LogP contribution in [0, 0.1) is 6.92 Å². The highest BCUT2D eigenvalue weighted by Gasteiger charge is 2.16. The Morgan fingerprint density at radius 1 is 1.32 bits per heavy atom. The summed E-state index contributed by atoms with van der Waals surface area (Å²) < 4.78 is 5.25. The number of hydrogen-bond donors (Lipinski definition) is 1. The number of unbranched alkanes of at least 4 members (excludes halogenated alkanes) is 2. The fourth-order valence-corrected chi connectivity index (χ4v) is 1.97. The van der Waals surface area contributed by atoms with Crippen molar-refractivity contribution in [3.8, 4) is 5.75 Å². The smallest absolute Gasteiger partial charge is 0.257 e. The van der Waals surface area contributed by atoms with Gasteiger partial charge < -0.3 is 15.4 Å². The number of methoxy groups -OCH3 is 1. The zero-order valence-corrected chi connectivity index (χ0v) is 12.1. The molecule has 19 heavy (non-hydrogen) atoms. The molecule has 0 bridgehead atoms. The summed E-state index contributed by atoms with van der Waals surface area (Å²) in [5, 5.41) is 0. The molecule has 106 valence electrons. The molecule has 0 saturated heterocycles. The normalized spacial score (nSPS) is 10.3. The number of nitrogens with two attached hydrogens (primary N) is 1. The largest absolute Gasteiger partial charge is 0.496 e. The van der Waals surface area contributed by atoms with Crippen LogP contribution >= 0.6 is 0 Å². The van der Waals surface area contributed by atoms with Crippen molar-refractivity contribution in [2.24, 2.45) is 5.73 Å². The first-order chi connectivity index (χ1) is 9.10. The fraction of sp³-hybridized carbons (Fsp3) is 0.533. The fourth-order valence-electron chi connectivity index (χ4n) is 1.97. The molecule has 0 spiro atoms. The van der Waals surface area contributed by atoms with Crippen molar-refractivity contribution in [1.29, 1.82) is 0 Å². The Morgan fingerprint density at radius 3 is 2.68 bits per heavy atom. The summed E-state index contributed by atoms with van der Waals surface area (Å²) in [5.41, 5.74) is 7.14. The lowest BCUT2D eigenvalue weighted by molar-refractivity contribution is 0.0789. The molecule has 4 nitrogen and oxygen atoms in total. The summed E-state index contributed by atoms with van der Waals surface area (Å²) in [5.74, 6) is 0.637. The minimum Gasteiger partial charge on any atom is -0.496 e. The van der Waals surface area contributed by atoms with E-state index in [1.165, 1.54) is 0 Å². The van der Waals surface area contributed by atoms with Gasteiger partial charge in [-0.15, -0.1) is 0 Å². The lowest BCUT2D eigenvalue weighted by Crippen LogP contribution is -2.28. The summed E-state index contributed by atoms with van der Waals surface area (Å²) in [4.78, 5) is 14.1. The van der Waals surface area contributed by atoms with Crippen LogP contribution in [0.2, 0.25) is 0 Å². The van der Waals surface area contributed by atoms with Crippen LogP contribution in [0.25, 0.3) is 0 Å². The molecule has 0 radical (unpaired) electrons. The van der Waals surface area contributed by atoms with E-state index in [4.69, 9.17) is 10.5 Å². The molecule has 1 aromatic rings. The summed E-state index contributed by atoms with van der Waals surface area (Å²) in [6, 6.07) is 5.65. The molecule has 0 atom stereocenters. The third kappa shape index (κ3) is 4.56. The van der Waals surface area contributed by atoms with Crippen molar-refractivity contribution in [2.45, 2.75) is 26.2 Å². The quantitative estimate of drug-likeness (QED) is 0.768. The van der Waals surface area contributed by atoms with Crippen molar-refractivity contribution in [3.63, 3.8) is 0 Å². The van der Waals surface area contributed by atoms with Gasteiger partial charge in [-0.3, -0.25) is 4.79 Å². The Balaban J connectivity index is 2.68. The minimum absolute atomic E-state index is 0.00768. The number of hydrogen-bond acceptors (Lipinski definition) is 3. The number of benzene rings is 1. The first-order valence-electron chi connectivity index (χ1n) is 6.70. The van der Waals surface area contributed by atoms with Gasteiger partial charge in [0.05, 0.1) is 12.7 Å². The second-order valence-electron chi connectivity index (χ2n) is 4.78. The third-order valence-corrected chi connectivity index (χ3v) is 3.13. The first kappa shape index (κ1) is 15.5. The van der Waals surface area contributed by atoms with E-state index in [-0.39, 0.29) is 5.91 Å². The Morgan fingerprint density at radius 2 is 2.05 bits per heavy atom. The summed E-state index contributed by atoms with van der Waals surface area (Å²) >= 11 is 0. The van der Waals surface area contributed by atoms with E-state index in [0.29, 0.717) is 17.9 Å². The van der Waals surface area contributed by atoms with Gasteiger partial charge in [0.1, 0.15) is 5.75 Å². The molecule has 1 amide bonds. The van der Waals surface area contributed by atoms with Crippen molar-refractivity contribution in [3.05, 3.63) is 29.3 Å². The summed E-state index contributed by atoms with van der Waals surface area (Å²) in [6.45, 7) is 3.43. The summed E-state index contributed by atoms with van der Waals surface area (Å²) in [6.07, 6.45) is 3.04. The molecule has 0 aromatic heterocycles. The molecule has 0 fully saturated rings. The Bertz CT molecular complexity index is 419. The monoisotopic (exact) mass is 264 g/mol. The molecule has 0 heterocycles. The molecule has 0 aliphatic heterocycles. The Labute approximate surface area is 115 Å². The van der Waals surface area contributed by atoms with Gasteiger partial charge in [-0.2, -0.15) is 0 Å². The standard InChI is InChI=1S/C15H24N2O2/c1-12-7-8-14(19-3)13(11-12)15(18)17(2)10-6-4-5-9-16/h7-8,11H,4-6,9-10,16H2,1-3H3. The number of nitrogens with zero attached hydrogens (tertiary/aromatic N) is 1. The van der Waals surface area contributed by atoms with Crippen LogP contribution in [0.15, 0.2) is 18.2 Å².